The van der Waals surface area contributed by atoms with E-state index in [9.17, 15) is 14.4 Å². The van der Waals surface area contributed by atoms with Gasteiger partial charge in [-0.15, -0.1) is 0 Å². The maximum Gasteiger partial charge on any atom is 0.326 e. The zero-order chi connectivity index (χ0) is 14.5. The number of nitrogens with one attached hydrogen (secondary N) is 1. The number of carboxylic acid groups (broad SMARTS) is 1. The zero-order valence-electron chi connectivity index (χ0n) is 11.2. The molecule has 0 aliphatic heterocycles. The molecule has 0 aliphatic carbocycles. The Balaban J connectivity index is 4.70. The van der Waals surface area contributed by atoms with Gasteiger partial charge in [-0.1, -0.05) is 6.92 Å². The second-order valence-corrected chi connectivity index (χ2v) is 4.74. The summed E-state index contributed by atoms with van der Waals surface area (Å²) in [7, 11) is 1.57. The Hall–Kier alpha value is -1.79. The van der Waals surface area contributed by atoms with Crippen LogP contribution in [0.3, 0.4) is 0 Å². The van der Waals surface area contributed by atoms with Gasteiger partial charge in [-0.2, -0.15) is 0 Å². The Labute approximate surface area is 106 Å². The minimum atomic E-state index is -1.30. The smallest absolute Gasteiger partial charge is 0.326 e. The lowest BCUT2D eigenvalue weighted by molar-refractivity contribution is -0.141. The van der Waals surface area contributed by atoms with E-state index < -0.39 is 35.9 Å². The topological polar surface area (TPSA) is 113 Å². The van der Waals surface area contributed by atoms with Crippen molar-refractivity contribution >= 4 is 17.9 Å². The molecule has 18 heavy (non-hydrogen) atoms. The van der Waals surface area contributed by atoms with Crippen LogP contribution in [0.15, 0.2) is 0 Å². The number of aliphatic carboxylic acids is 1. The molecule has 1 unspecified atom stereocenters. The summed E-state index contributed by atoms with van der Waals surface area (Å²) in [4.78, 5) is 34.8. The Morgan fingerprint density at radius 3 is 2.22 bits per heavy atom. The first kappa shape index (κ1) is 16.2. The highest BCUT2D eigenvalue weighted by molar-refractivity contribution is 5.87. The van der Waals surface area contributed by atoms with Crippen molar-refractivity contribution in [2.75, 3.05) is 7.05 Å². The second kappa shape index (κ2) is 6.23. The number of rotatable bonds is 6. The van der Waals surface area contributed by atoms with Crippen LogP contribution in [0.25, 0.3) is 0 Å². The molecule has 7 nitrogen and oxygen atoms in total. The lowest BCUT2D eigenvalue weighted by atomic mass is 10.0. The molecule has 0 bridgehead atoms. The summed E-state index contributed by atoms with van der Waals surface area (Å²) in [5.74, 6) is -2.06. The third kappa shape index (κ3) is 4.60. The largest absolute Gasteiger partial charge is 0.480 e. The van der Waals surface area contributed by atoms with E-state index in [0.717, 1.165) is 0 Å². The number of hydrogen-bond donors (Lipinski definition) is 3. The summed E-state index contributed by atoms with van der Waals surface area (Å²) in [6, 6.07) is -1.85. The van der Waals surface area contributed by atoms with Crippen LogP contribution in [-0.4, -0.2) is 46.5 Å². The molecule has 104 valence electrons. The number of nitrogens with two attached hydrogens (primary N) is 1. The molecule has 0 aliphatic rings. The standard InChI is InChI=1S/C11H21N3O4/c1-5-11(2,3)14(4)10(18)13-7(9(16)17)6-8(12)15/h7H,5-6H2,1-4H3,(H2,12,15)(H,13,18)(H,16,17). The van der Waals surface area contributed by atoms with Crippen molar-refractivity contribution in [2.24, 2.45) is 5.73 Å². The molecule has 7 heteroatoms. The van der Waals surface area contributed by atoms with Crippen molar-refractivity contribution < 1.29 is 19.5 Å². The Morgan fingerprint density at radius 2 is 1.89 bits per heavy atom. The molecule has 0 rings (SSSR count). The lowest BCUT2D eigenvalue weighted by Gasteiger charge is -2.35. The molecule has 0 aromatic rings. The van der Waals surface area contributed by atoms with Gasteiger partial charge in [0.25, 0.3) is 0 Å². The van der Waals surface area contributed by atoms with Gasteiger partial charge in [0.15, 0.2) is 0 Å². The highest BCUT2D eigenvalue weighted by atomic mass is 16.4. The first-order valence-corrected chi connectivity index (χ1v) is 5.67. The van der Waals surface area contributed by atoms with Gasteiger partial charge in [0.05, 0.1) is 6.42 Å². The molecule has 0 aromatic heterocycles. The summed E-state index contributed by atoms with van der Waals surface area (Å²) in [6.07, 6.45) is 0.284. The van der Waals surface area contributed by atoms with Crippen molar-refractivity contribution in [1.29, 1.82) is 0 Å². The number of carbonyl (C=O) groups is 3. The molecule has 1 atom stereocenters. The van der Waals surface area contributed by atoms with Gasteiger partial charge in [0.2, 0.25) is 5.91 Å². The van der Waals surface area contributed by atoms with Crippen LogP contribution in [0, 0.1) is 0 Å². The van der Waals surface area contributed by atoms with E-state index in [1.807, 2.05) is 20.8 Å². The number of nitrogens with zero attached hydrogens (tertiary/aromatic N) is 1. The van der Waals surface area contributed by atoms with Gasteiger partial charge in [-0.3, -0.25) is 4.79 Å². The van der Waals surface area contributed by atoms with Gasteiger partial charge in [0, 0.05) is 12.6 Å². The molecule has 0 saturated carbocycles. The van der Waals surface area contributed by atoms with Gasteiger partial charge < -0.3 is 21.1 Å². The van der Waals surface area contributed by atoms with Crippen LogP contribution in [-0.2, 0) is 9.59 Å². The first-order chi connectivity index (χ1) is 8.11. The number of urea groups is 1. The highest BCUT2D eigenvalue weighted by Crippen LogP contribution is 2.16. The summed E-state index contributed by atoms with van der Waals surface area (Å²) in [5.41, 5.74) is 4.52. The second-order valence-electron chi connectivity index (χ2n) is 4.74. The number of carboxylic acids is 1. The minimum absolute atomic E-state index is 0.403. The van der Waals surface area contributed by atoms with Gasteiger partial charge >= 0.3 is 12.0 Å². The summed E-state index contributed by atoms with van der Waals surface area (Å²) < 4.78 is 0. The SMILES string of the molecule is CCC(C)(C)N(C)C(=O)NC(CC(N)=O)C(=O)O. The molecular weight excluding hydrogens is 238 g/mol. The fourth-order valence-electron chi connectivity index (χ4n) is 1.16. The molecule has 3 amide bonds. The number of amides is 3. The molecule has 0 spiro atoms. The molecule has 0 fully saturated rings. The normalized spacial score (nSPS) is 12.7. The van der Waals surface area contributed by atoms with E-state index >= 15 is 0 Å². The summed E-state index contributed by atoms with van der Waals surface area (Å²) in [6.45, 7) is 5.63. The molecule has 0 saturated heterocycles. The molecule has 0 radical (unpaired) electrons. The first-order valence-electron chi connectivity index (χ1n) is 5.67. The van der Waals surface area contributed by atoms with Crippen molar-refractivity contribution in [3.63, 3.8) is 0 Å². The molecular formula is C11H21N3O4. The lowest BCUT2D eigenvalue weighted by Crippen LogP contribution is -2.54. The monoisotopic (exact) mass is 259 g/mol. The Bertz CT molecular complexity index is 341. The van der Waals surface area contributed by atoms with E-state index in [0.29, 0.717) is 6.42 Å². The quantitative estimate of drug-likeness (QED) is 0.630. The molecule has 0 heterocycles. The fourth-order valence-corrected chi connectivity index (χ4v) is 1.16. The predicted octanol–water partition coefficient (Wildman–Crippen LogP) is 0.145. The van der Waals surface area contributed by atoms with Gasteiger partial charge in [0.1, 0.15) is 6.04 Å². The number of carbonyl (C=O) groups excluding carboxylic acids is 2. The number of hydrogen-bond acceptors (Lipinski definition) is 3. The van der Waals surface area contributed by atoms with E-state index in [1.54, 1.807) is 7.05 Å². The Kier molecular flexibility index (Phi) is 5.61. The van der Waals surface area contributed by atoms with Gasteiger partial charge in [-0.25, -0.2) is 9.59 Å². The minimum Gasteiger partial charge on any atom is -0.480 e. The maximum atomic E-state index is 11.8. The third-order valence-electron chi connectivity index (χ3n) is 3.08. The van der Waals surface area contributed by atoms with Crippen LogP contribution in [0.2, 0.25) is 0 Å². The van der Waals surface area contributed by atoms with Crippen LogP contribution >= 0.6 is 0 Å². The van der Waals surface area contributed by atoms with E-state index in [4.69, 9.17) is 10.8 Å². The average molecular weight is 259 g/mol. The van der Waals surface area contributed by atoms with Crippen LogP contribution in [0.4, 0.5) is 4.79 Å². The average Bonchev–Trinajstić information content (AvgIpc) is 2.26. The van der Waals surface area contributed by atoms with Crippen LogP contribution in [0.5, 0.6) is 0 Å². The van der Waals surface area contributed by atoms with E-state index in [1.165, 1.54) is 4.90 Å². The Morgan fingerprint density at radius 1 is 1.39 bits per heavy atom. The van der Waals surface area contributed by atoms with Crippen LogP contribution in [0.1, 0.15) is 33.6 Å². The fraction of sp³-hybridized carbons (Fsp3) is 0.727. The van der Waals surface area contributed by atoms with Crippen molar-refractivity contribution in [3.05, 3.63) is 0 Å². The van der Waals surface area contributed by atoms with Gasteiger partial charge in [-0.05, 0) is 20.3 Å². The number of primary amides is 1. The van der Waals surface area contributed by atoms with Crippen molar-refractivity contribution in [1.82, 2.24) is 10.2 Å². The van der Waals surface area contributed by atoms with Crippen LogP contribution < -0.4 is 11.1 Å². The van der Waals surface area contributed by atoms with Crippen molar-refractivity contribution in [2.45, 2.75) is 45.2 Å². The zero-order valence-corrected chi connectivity index (χ0v) is 11.2. The summed E-state index contributed by atoms with van der Waals surface area (Å²) >= 11 is 0. The summed E-state index contributed by atoms with van der Waals surface area (Å²) in [5, 5.41) is 11.1. The third-order valence-corrected chi connectivity index (χ3v) is 3.08. The maximum absolute atomic E-state index is 11.8. The highest BCUT2D eigenvalue weighted by Gasteiger charge is 2.29. The van der Waals surface area contributed by atoms with Crippen molar-refractivity contribution in [3.8, 4) is 0 Å². The predicted molar refractivity (Wildman–Crippen MR) is 65.9 cm³/mol. The molecule has 4 N–H and O–H groups in total. The van der Waals surface area contributed by atoms with E-state index in [-0.39, 0.29) is 0 Å². The molecule has 0 aromatic carbocycles. The van der Waals surface area contributed by atoms with E-state index in [2.05, 4.69) is 5.32 Å².